The van der Waals surface area contributed by atoms with E-state index in [1.54, 1.807) is 12.1 Å². The molecule has 1 fully saturated rings. The smallest absolute Gasteiger partial charge is 0.365 e. The lowest BCUT2D eigenvalue weighted by atomic mass is 10.2. The summed E-state index contributed by atoms with van der Waals surface area (Å²) in [6.45, 7) is 4.11. The van der Waals surface area contributed by atoms with Gasteiger partial charge in [-0.05, 0) is 29.4 Å². The van der Waals surface area contributed by atoms with Crippen LogP contribution in [0.3, 0.4) is 0 Å². The highest BCUT2D eigenvalue weighted by molar-refractivity contribution is 6.00. The predicted molar refractivity (Wildman–Crippen MR) is 84.2 cm³/mol. The zero-order valence-electron chi connectivity index (χ0n) is 13.1. The SMILES string of the molecule is Cc1ccc(C(=O)O/N=C(\c2nonc2N)N2CCOCC2)cc1. The third-order valence-corrected chi connectivity index (χ3v) is 3.54. The molecule has 9 heteroatoms. The molecule has 126 valence electrons. The van der Waals surface area contributed by atoms with Crippen molar-refractivity contribution in [2.24, 2.45) is 5.16 Å². The number of hydrogen-bond acceptors (Lipinski definition) is 8. The monoisotopic (exact) mass is 331 g/mol. The van der Waals surface area contributed by atoms with Crippen molar-refractivity contribution in [1.29, 1.82) is 0 Å². The van der Waals surface area contributed by atoms with E-state index in [4.69, 9.17) is 15.3 Å². The van der Waals surface area contributed by atoms with Crippen LogP contribution in [0.2, 0.25) is 0 Å². The first kappa shape index (κ1) is 15.9. The summed E-state index contributed by atoms with van der Waals surface area (Å²) < 4.78 is 9.93. The van der Waals surface area contributed by atoms with Gasteiger partial charge in [-0.25, -0.2) is 9.42 Å². The fourth-order valence-corrected chi connectivity index (χ4v) is 2.20. The molecule has 2 heterocycles. The van der Waals surface area contributed by atoms with Gasteiger partial charge in [-0.15, -0.1) is 0 Å². The van der Waals surface area contributed by atoms with Crippen LogP contribution in [0.1, 0.15) is 21.6 Å². The number of aryl methyl sites for hydroxylation is 1. The summed E-state index contributed by atoms with van der Waals surface area (Å²) in [5.41, 5.74) is 7.41. The maximum absolute atomic E-state index is 12.1. The first-order valence-electron chi connectivity index (χ1n) is 7.42. The van der Waals surface area contributed by atoms with Crippen molar-refractivity contribution in [3.8, 4) is 0 Å². The summed E-state index contributed by atoms with van der Waals surface area (Å²) in [5.74, 6) is -0.208. The molecular weight excluding hydrogens is 314 g/mol. The van der Waals surface area contributed by atoms with Crippen LogP contribution in [-0.4, -0.2) is 53.3 Å². The average molecular weight is 331 g/mol. The Bertz CT molecular complexity index is 735. The first-order valence-corrected chi connectivity index (χ1v) is 7.42. The fraction of sp³-hybridized carbons (Fsp3) is 0.333. The second-order valence-electron chi connectivity index (χ2n) is 5.26. The second-order valence-corrected chi connectivity index (χ2v) is 5.26. The number of carbonyl (C=O) groups is 1. The van der Waals surface area contributed by atoms with Gasteiger partial charge in [0.25, 0.3) is 0 Å². The predicted octanol–water partition coefficient (Wildman–Crippen LogP) is 0.811. The van der Waals surface area contributed by atoms with Gasteiger partial charge in [0.2, 0.25) is 5.84 Å². The molecule has 24 heavy (non-hydrogen) atoms. The summed E-state index contributed by atoms with van der Waals surface area (Å²) in [5, 5.41) is 11.2. The molecule has 1 aromatic heterocycles. The number of morpholine rings is 1. The number of nitrogen functional groups attached to an aromatic ring is 1. The lowest BCUT2D eigenvalue weighted by Crippen LogP contribution is -2.41. The molecule has 0 aliphatic carbocycles. The van der Waals surface area contributed by atoms with Gasteiger partial charge in [0, 0.05) is 13.1 Å². The molecule has 9 nitrogen and oxygen atoms in total. The number of anilines is 1. The Morgan fingerprint density at radius 2 is 1.96 bits per heavy atom. The van der Waals surface area contributed by atoms with E-state index in [0.717, 1.165) is 5.56 Å². The van der Waals surface area contributed by atoms with E-state index in [1.807, 2.05) is 24.0 Å². The van der Waals surface area contributed by atoms with Crippen molar-refractivity contribution in [3.05, 3.63) is 41.1 Å². The van der Waals surface area contributed by atoms with E-state index in [0.29, 0.717) is 31.9 Å². The van der Waals surface area contributed by atoms with Crippen LogP contribution < -0.4 is 5.73 Å². The number of nitrogens with zero attached hydrogens (tertiary/aromatic N) is 4. The molecule has 0 atom stereocenters. The van der Waals surface area contributed by atoms with Crippen molar-refractivity contribution in [2.75, 3.05) is 32.0 Å². The van der Waals surface area contributed by atoms with Crippen LogP contribution in [0.5, 0.6) is 0 Å². The lowest BCUT2D eigenvalue weighted by molar-refractivity contribution is 0.0481. The van der Waals surface area contributed by atoms with Crippen LogP contribution in [0, 0.1) is 6.92 Å². The quantitative estimate of drug-likeness (QED) is 0.380. The topological polar surface area (TPSA) is 116 Å². The van der Waals surface area contributed by atoms with Crippen LogP contribution in [0.15, 0.2) is 34.1 Å². The largest absolute Gasteiger partial charge is 0.379 e. The summed E-state index contributed by atoms with van der Waals surface area (Å²) in [6, 6.07) is 6.99. The minimum Gasteiger partial charge on any atom is -0.379 e. The summed E-state index contributed by atoms with van der Waals surface area (Å²) in [7, 11) is 0. The van der Waals surface area contributed by atoms with Crippen molar-refractivity contribution in [1.82, 2.24) is 15.2 Å². The third kappa shape index (κ3) is 3.51. The van der Waals surface area contributed by atoms with E-state index in [2.05, 4.69) is 20.1 Å². The number of carbonyl (C=O) groups excluding carboxylic acids is 1. The molecule has 1 saturated heterocycles. The summed E-state index contributed by atoms with van der Waals surface area (Å²) in [6.07, 6.45) is 0. The van der Waals surface area contributed by atoms with Gasteiger partial charge in [0.15, 0.2) is 11.5 Å². The first-order chi connectivity index (χ1) is 11.6. The molecular formula is C15H17N5O4. The van der Waals surface area contributed by atoms with E-state index < -0.39 is 5.97 Å². The second kappa shape index (κ2) is 7.09. The van der Waals surface area contributed by atoms with Gasteiger partial charge in [-0.1, -0.05) is 22.9 Å². The Kier molecular flexibility index (Phi) is 4.71. The molecule has 0 bridgehead atoms. The molecule has 0 amide bonds. The zero-order valence-corrected chi connectivity index (χ0v) is 13.1. The fourth-order valence-electron chi connectivity index (χ4n) is 2.20. The number of benzene rings is 1. The van der Waals surface area contributed by atoms with Gasteiger partial charge >= 0.3 is 5.97 Å². The third-order valence-electron chi connectivity index (χ3n) is 3.54. The maximum Gasteiger partial charge on any atom is 0.365 e. The number of amidine groups is 1. The van der Waals surface area contributed by atoms with Gasteiger partial charge in [-0.2, -0.15) is 0 Å². The standard InChI is InChI=1S/C15H17N5O4/c1-10-2-4-11(5-3-10)15(21)23-19-14(12-13(16)18-24-17-12)20-6-8-22-9-7-20/h2-5H,6-9H2,1H3,(H2,16,18)/b19-14+. The van der Waals surface area contributed by atoms with Gasteiger partial charge < -0.3 is 20.2 Å². The summed E-state index contributed by atoms with van der Waals surface area (Å²) >= 11 is 0. The molecule has 0 spiro atoms. The van der Waals surface area contributed by atoms with Crippen molar-refractivity contribution in [2.45, 2.75) is 6.92 Å². The Hall–Kier alpha value is -2.94. The van der Waals surface area contributed by atoms with Crippen molar-refractivity contribution in [3.63, 3.8) is 0 Å². The highest BCUT2D eigenvalue weighted by Crippen LogP contribution is 2.13. The number of hydrogen-bond donors (Lipinski definition) is 1. The summed E-state index contributed by atoms with van der Waals surface area (Å²) in [4.78, 5) is 19.0. The van der Waals surface area contributed by atoms with Crippen LogP contribution >= 0.6 is 0 Å². The van der Waals surface area contributed by atoms with E-state index in [-0.39, 0.29) is 17.3 Å². The molecule has 3 rings (SSSR count). The average Bonchev–Trinajstić information content (AvgIpc) is 3.02. The van der Waals surface area contributed by atoms with Crippen LogP contribution in [0.25, 0.3) is 0 Å². The van der Waals surface area contributed by atoms with Crippen molar-refractivity contribution >= 4 is 17.6 Å². The molecule has 0 unspecified atom stereocenters. The number of ether oxygens (including phenoxy) is 1. The van der Waals surface area contributed by atoms with Crippen LogP contribution in [-0.2, 0) is 9.57 Å². The van der Waals surface area contributed by atoms with Crippen molar-refractivity contribution < 1.29 is 19.0 Å². The van der Waals surface area contributed by atoms with Gasteiger partial charge in [-0.3, -0.25) is 0 Å². The lowest BCUT2D eigenvalue weighted by Gasteiger charge is -2.28. The molecule has 1 aromatic carbocycles. The molecule has 1 aliphatic heterocycles. The highest BCUT2D eigenvalue weighted by atomic mass is 16.7. The Morgan fingerprint density at radius 1 is 1.25 bits per heavy atom. The van der Waals surface area contributed by atoms with Crippen LogP contribution in [0.4, 0.5) is 5.82 Å². The Balaban J connectivity index is 1.82. The van der Waals surface area contributed by atoms with E-state index in [1.165, 1.54) is 0 Å². The Labute approximate surface area is 138 Å². The normalized spacial score (nSPS) is 15.4. The number of oxime groups is 1. The molecule has 1 aliphatic rings. The number of nitrogens with two attached hydrogens (primary N) is 1. The van der Waals surface area contributed by atoms with E-state index in [9.17, 15) is 4.79 Å². The molecule has 2 aromatic rings. The highest BCUT2D eigenvalue weighted by Gasteiger charge is 2.24. The minimum absolute atomic E-state index is 0.0756. The van der Waals surface area contributed by atoms with Gasteiger partial charge in [0.05, 0.1) is 18.8 Å². The number of rotatable bonds is 3. The number of aromatic nitrogens is 2. The Morgan fingerprint density at radius 3 is 2.58 bits per heavy atom. The molecule has 0 saturated carbocycles. The van der Waals surface area contributed by atoms with Gasteiger partial charge in [0.1, 0.15) is 0 Å². The maximum atomic E-state index is 12.1. The van der Waals surface area contributed by atoms with E-state index >= 15 is 0 Å². The zero-order chi connectivity index (χ0) is 16.9. The minimum atomic E-state index is -0.573. The molecule has 0 radical (unpaired) electrons. The molecule has 2 N–H and O–H groups in total.